The standard InChI is InChI=1S/C26H32O4/c1-27-23-14-12-21(13-15-23)22(16-19-8-6-5-7-9-19)11-10-20-17-24(28-2)26(30-4)25(18-20)29-3/h10-19H,5-9H2,1-4H3/b11-10+,22-16-. The maximum Gasteiger partial charge on any atom is 0.203 e. The van der Waals surface area contributed by atoms with E-state index in [1.807, 2.05) is 24.3 Å². The second-order valence-corrected chi connectivity index (χ2v) is 7.54. The summed E-state index contributed by atoms with van der Waals surface area (Å²) in [6, 6.07) is 12.2. The highest BCUT2D eigenvalue weighted by atomic mass is 16.5. The Hall–Kier alpha value is -2.88. The molecule has 30 heavy (non-hydrogen) atoms. The molecule has 1 aliphatic rings. The Labute approximate surface area is 180 Å². The summed E-state index contributed by atoms with van der Waals surface area (Å²) in [5, 5.41) is 0. The summed E-state index contributed by atoms with van der Waals surface area (Å²) in [6.45, 7) is 0. The highest BCUT2D eigenvalue weighted by molar-refractivity contribution is 5.80. The summed E-state index contributed by atoms with van der Waals surface area (Å²) in [4.78, 5) is 0. The predicted octanol–water partition coefficient (Wildman–Crippen LogP) is 6.40. The average molecular weight is 409 g/mol. The second kappa shape index (κ2) is 10.8. The number of hydrogen-bond donors (Lipinski definition) is 0. The number of ether oxygens (including phenoxy) is 4. The van der Waals surface area contributed by atoms with E-state index in [-0.39, 0.29) is 0 Å². The van der Waals surface area contributed by atoms with Gasteiger partial charge in [-0.3, -0.25) is 0 Å². The number of allylic oxidation sites excluding steroid dienone is 3. The summed E-state index contributed by atoms with van der Waals surface area (Å²) in [5.41, 5.74) is 3.40. The van der Waals surface area contributed by atoms with Gasteiger partial charge in [-0.25, -0.2) is 0 Å². The van der Waals surface area contributed by atoms with Crippen LogP contribution in [0.1, 0.15) is 43.2 Å². The molecule has 2 aromatic carbocycles. The molecule has 0 amide bonds. The number of benzene rings is 2. The van der Waals surface area contributed by atoms with Crippen LogP contribution in [0.4, 0.5) is 0 Å². The lowest BCUT2D eigenvalue weighted by molar-refractivity contribution is 0.324. The van der Waals surface area contributed by atoms with Crippen molar-refractivity contribution in [3.8, 4) is 23.0 Å². The van der Waals surface area contributed by atoms with Crippen LogP contribution in [0.15, 0.2) is 48.6 Å². The molecule has 0 saturated heterocycles. The fourth-order valence-electron chi connectivity index (χ4n) is 3.97. The molecule has 0 radical (unpaired) electrons. The Kier molecular flexibility index (Phi) is 7.83. The minimum Gasteiger partial charge on any atom is -0.497 e. The third kappa shape index (κ3) is 5.38. The molecule has 0 bridgehead atoms. The molecule has 1 saturated carbocycles. The molecule has 0 unspecified atom stereocenters. The van der Waals surface area contributed by atoms with Crippen LogP contribution in [-0.2, 0) is 0 Å². The first kappa shape index (κ1) is 21.8. The van der Waals surface area contributed by atoms with Crippen LogP contribution >= 0.6 is 0 Å². The molecule has 0 aromatic heterocycles. The first-order valence-electron chi connectivity index (χ1n) is 10.5. The van der Waals surface area contributed by atoms with Crippen molar-refractivity contribution in [1.82, 2.24) is 0 Å². The number of hydrogen-bond acceptors (Lipinski definition) is 4. The van der Waals surface area contributed by atoms with Gasteiger partial charge in [0, 0.05) is 0 Å². The predicted molar refractivity (Wildman–Crippen MR) is 123 cm³/mol. The normalized spacial score (nSPS) is 15.3. The van der Waals surface area contributed by atoms with E-state index in [0.29, 0.717) is 23.2 Å². The van der Waals surface area contributed by atoms with Crippen molar-refractivity contribution in [1.29, 1.82) is 0 Å². The first-order valence-corrected chi connectivity index (χ1v) is 10.5. The van der Waals surface area contributed by atoms with Gasteiger partial charge < -0.3 is 18.9 Å². The Morgan fingerprint density at radius 3 is 1.97 bits per heavy atom. The van der Waals surface area contributed by atoms with Crippen molar-refractivity contribution >= 4 is 11.6 Å². The van der Waals surface area contributed by atoms with Crippen LogP contribution in [0, 0.1) is 5.92 Å². The van der Waals surface area contributed by atoms with E-state index in [4.69, 9.17) is 18.9 Å². The molecule has 0 heterocycles. The molecule has 160 valence electrons. The van der Waals surface area contributed by atoms with Crippen molar-refractivity contribution in [3.63, 3.8) is 0 Å². The van der Waals surface area contributed by atoms with Crippen molar-refractivity contribution in [2.24, 2.45) is 5.92 Å². The molecule has 1 fully saturated rings. The van der Waals surface area contributed by atoms with Crippen LogP contribution < -0.4 is 18.9 Å². The topological polar surface area (TPSA) is 36.9 Å². The van der Waals surface area contributed by atoms with Gasteiger partial charge in [0.25, 0.3) is 0 Å². The van der Waals surface area contributed by atoms with E-state index in [1.54, 1.807) is 28.4 Å². The zero-order valence-electron chi connectivity index (χ0n) is 18.4. The van der Waals surface area contributed by atoms with Crippen molar-refractivity contribution in [2.45, 2.75) is 32.1 Å². The van der Waals surface area contributed by atoms with Gasteiger partial charge in [0.1, 0.15) is 5.75 Å². The molecular formula is C26H32O4. The fraction of sp³-hybridized carbons (Fsp3) is 0.385. The minimum absolute atomic E-state index is 0.602. The van der Waals surface area contributed by atoms with Gasteiger partial charge in [0.15, 0.2) is 11.5 Å². The van der Waals surface area contributed by atoms with Crippen LogP contribution in [0.5, 0.6) is 23.0 Å². The SMILES string of the molecule is COc1ccc(C(=C\C2CCCCC2)/C=C/c2cc(OC)c(OC)c(OC)c2)cc1. The van der Waals surface area contributed by atoms with E-state index in [0.717, 1.165) is 11.3 Å². The lowest BCUT2D eigenvalue weighted by atomic mass is 9.86. The highest BCUT2D eigenvalue weighted by Crippen LogP contribution is 2.39. The largest absolute Gasteiger partial charge is 0.497 e. The Bertz CT molecular complexity index is 849. The fourth-order valence-corrected chi connectivity index (χ4v) is 3.97. The smallest absolute Gasteiger partial charge is 0.203 e. The zero-order chi connectivity index (χ0) is 21.3. The third-order valence-corrected chi connectivity index (χ3v) is 5.63. The maximum absolute atomic E-state index is 5.49. The third-order valence-electron chi connectivity index (χ3n) is 5.63. The van der Waals surface area contributed by atoms with Gasteiger partial charge >= 0.3 is 0 Å². The van der Waals surface area contributed by atoms with Crippen LogP contribution in [0.3, 0.4) is 0 Å². The van der Waals surface area contributed by atoms with Gasteiger partial charge in [0.05, 0.1) is 28.4 Å². The Morgan fingerprint density at radius 1 is 0.800 bits per heavy atom. The van der Waals surface area contributed by atoms with Crippen molar-refractivity contribution in [2.75, 3.05) is 28.4 Å². The van der Waals surface area contributed by atoms with Gasteiger partial charge in [-0.1, -0.05) is 49.6 Å². The summed E-state index contributed by atoms with van der Waals surface area (Å²) in [6.07, 6.45) is 13.2. The van der Waals surface area contributed by atoms with E-state index in [9.17, 15) is 0 Å². The number of methoxy groups -OCH3 is 4. The average Bonchev–Trinajstić information content (AvgIpc) is 2.81. The summed E-state index contributed by atoms with van der Waals surface area (Å²) in [5.74, 6) is 3.40. The van der Waals surface area contributed by atoms with Crippen molar-refractivity contribution in [3.05, 3.63) is 59.7 Å². The summed E-state index contributed by atoms with van der Waals surface area (Å²) >= 11 is 0. The lowest BCUT2D eigenvalue weighted by Crippen LogP contribution is -2.03. The second-order valence-electron chi connectivity index (χ2n) is 7.54. The minimum atomic E-state index is 0.602. The first-order chi connectivity index (χ1) is 14.7. The van der Waals surface area contributed by atoms with Crippen LogP contribution in [0.25, 0.3) is 11.6 Å². The lowest BCUT2D eigenvalue weighted by Gasteiger charge is -2.19. The molecule has 1 aliphatic carbocycles. The van der Waals surface area contributed by atoms with Gasteiger partial charge in [-0.15, -0.1) is 0 Å². The molecule has 2 aromatic rings. The van der Waals surface area contributed by atoms with E-state index < -0.39 is 0 Å². The molecule has 4 nitrogen and oxygen atoms in total. The summed E-state index contributed by atoms with van der Waals surface area (Å²) < 4.78 is 21.7. The Balaban J connectivity index is 1.95. The molecule has 0 spiro atoms. The van der Waals surface area contributed by atoms with E-state index >= 15 is 0 Å². The van der Waals surface area contributed by atoms with Crippen molar-refractivity contribution < 1.29 is 18.9 Å². The number of rotatable bonds is 8. The van der Waals surface area contributed by atoms with E-state index in [2.05, 4.69) is 30.4 Å². The van der Waals surface area contributed by atoms with Crippen LogP contribution in [-0.4, -0.2) is 28.4 Å². The molecule has 0 atom stereocenters. The molecule has 3 rings (SSSR count). The Morgan fingerprint density at radius 2 is 1.43 bits per heavy atom. The zero-order valence-corrected chi connectivity index (χ0v) is 18.4. The highest BCUT2D eigenvalue weighted by Gasteiger charge is 2.14. The van der Waals surface area contributed by atoms with Gasteiger partial charge in [-0.05, 0) is 59.7 Å². The van der Waals surface area contributed by atoms with Gasteiger partial charge in [-0.2, -0.15) is 0 Å². The van der Waals surface area contributed by atoms with Crippen LogP contribution in [0.2, 0.25) is 0 Å². The summed E-state index contributed by atoms with van der Waals surface area (Å²) in [7, 11) is 6.58. The van der Waals surface area contributed by atoms with Gasteiger partial charge in [0.2, 0.25) is 5.75 Å². The molecule has 0 N–H and O–H groups in total. The quantitative estimate of drug-likeness (QED) is 0.474. The molecule has 4 heteroatoms. The van der Waals surface area contributed by atoms with E-state index in [1.165, 1.54) is 43.2 Å². The monoisotopic (exact) mass is 408 g/mol. The molecule has 0 aliphatic heterocycles. The maximum atomic E-state index is 5.49. The molecular weight excluding hydrogens is 376 g/mol.